The Bertz CT molecular complexity index is 320. The molecular formula is C9H13F2N3. The van der Waals surface area contributed by atoms with Crippen LogP contribution in [-0.4, -0.2) is 17.1 Å². The molecule has 0 saturated heterocycles. The van der Waals surface area contributed by atoms with Crippen molar-refractivity contribution in [3.05, 3.63) is 23.9 Å². The lowest BCUT2D eigenvalue weighted by Crippen LogP contribution is -2.39. The van der Waals surface area contributed by atoms with Crippen molar-refractivity contribution < 1.29 is 8.78 Å². The maximum Gasteiger partial charge on any atom is 0.168 e. The largest absolute Gasteiger partial charge is 0.366 e. The zero-order valence-corrected chi connectivity index (χ0v) is 8.14. The summed E-state index contributed by atoms with van der Waals surface area (Å²) in [5.74, 6) is -1.39. The molecule has 1 aromatic heterocycles. The minimum Gasteiger partial charge on any atom is -0.366 e. The number of hydrogen-bond acceptors (Lipinski definition) is 3. The summed E-state index contributed by atoms with van der Waals surface area (Å²) in [5, 5.41) is 2.70. The van der Waals surface area contributed by atoms with Crippen LogP contribution >= 0.6 is 0 Å². The normalized spacial score (nSPS) is 11.5. The second-order valence-electron chi connectivity index (χ2n) is 3.83. The molecule has 1 rings (SSSR count). The van der Waals surface area contributed by atoms with Gasteiger partial charge in [-0.2, -0.15) is 0 Å². The van der Waals surface area contributed by atoms with E-state index in [1.807, 2.05) is 0 Å². The molecule has 3 N–H and O–H groups in total. The molecule has 0 amide bonds. The Morgan fingerprint density at radius 3 is 2.64 bits per heavy atom. The van der Waals surface area contributed by atoms with Gasteiger partial charge >= 0.3 is 0 Å². The van der Waals surface area contributed by atoms with Crippen LogP contribution in [0.1, 0.15) is 13.8 Å². The first-order valence-electron chi connectivity index (χ1n) is 4.22. The smallest absolute Gasteiger partial charge is 0.168 e. The number of anilines is 1. The maximum absolute atomic E-state index is 13.0. The Labute approximate surface area is 81.3 Å². The van der Waals surface area contributed by atoms with Gasteiger partial charge in [-0.05, 0) is 13.8 Å². The Hall–Kier alpha value is -1.23. The standard InChI is InChI=1S/C9H13F2N3/c1-9(2,12)5-14-8-7(11)3-6(10)4-13-8/h3-4H,5,12H2,1-2H3,(H,13,14). The lowest BCUT2D eigenvalue weighted by Gasteiger charge is -2.19. The third-order valence-corrected chi connectivity index (χ3v) is 1.52. The average Bonchev–Trinajstić information content (AvgIpc) is 2.00. The number of halogens is 2. The number of aromatic nitrogens is 1. The van der Waals surface area contributed by atoms with Gasteiger partial charge in [0.15, 0.2) is 11.6 Å². The van der Waals surface area contributed by atoms with Crippen LogP contribution in [0.15, 0.2) is 12.3 Å². The lowest BCUT2D eigenvalue weighted by atomic mass is 10.1. The molecule has 0 saturated carbocycles. The summed E-state index contributed by atoms with van der Waals surface area (Å²) >= 11 is 0. The molecule has 1 aromatic rings. The van der Waals surface area contributed by atoms with Gasteiger partial charge in [-0.3, -0.25) is 0 Å². The van der Waals surface area contributed by atoms with E-state index in [9.17, 15) is 8.78 Å². The minimum absolute atomic E-state index is 0.0184. The van der Waals surface area contributed by atoms with Gasteiger partial charge in [0.2, 0.25) is 0 Å². The first-order chi connectivity index (χ1) is 6.38. The summed E-state index contributed by atoms with van der Waals surface area (Å²) < 4.78 is 25.5. The fourth-order valence-corrected chi connectivity index (χ4v) is 0.856. The Morgan fingerprint density at radius 2 is 2.14 bits per heavy atom. The Balaban J connectivity index is 2.68. The van der Waals surface area contributed by atoms with E-state index in [-0.39, 0.29) is 5.82 Å². The van der Waals surface area contributed by atoms with Gasteiger partial charge in [-0.1, -0.05) is 0 Å². The van der Waals surface area contributed by atoms with Crippen molar-refractivity contribution in [2.45, 2.75) is 19.4 Å². The maximum atomic E-state index is 13.0. The quantitative estimate of drug-likeness (QED) is 0.779. The van der Waals surface area contributed by atoms with E-state index < -0.39 is 17.2 Å². The van der Waals surface area contributed by atoms with Gasteiger partial charge in [0.25, 0.3) is 0 Å². The molecule has 78 valence electrons. The van der Waals surface area contributed by atoms with Crippen LogP contribution in [0, 0.1) is 11.6 Å². The number of nitrogens with two attached hydrogens (primary N) is 1. The third-order valence-electron chi connectivity index (χ3n) is 1.52. The van der Waals surface area contributed by atoms with Gasteiger partial charge in [-0.25, -0.2) is 13.8 Å². The molecule has 3 nitrogen and oxygen atoms in total. The van der Waals surface area contributed by atoms with E-state index in [0.717, 1.165) is 12.3 Å². The van der Waals surface area contributed by atoms with Crippen LogP contribution in [0.2, 0.25) is 0 Å². The second-order valence-corrected chi connectivity index (χ2v) is 3.83. The number of rotatable bonds is 3. The molecule has 5 heteroatoms. The topological polar surface area (TPSA) is 50.9 Å². The van der Waals surface area contributed by atoms with Gasteiger partial charge in [-0.15, -0.1) is 0 Å². The van der Waals surface area contributed by atoms with E-state index in [4.69, 9.17) is 5.73 Å². The fourth-order valence-electron chi connectivity index (χ4n) is 0.856. The first kappa shape index (κ1) is 10.8. The summed E-state index contributed by atoms with van der Waals surface area (Å²) in [6.07, 6.45) is 0.953. The van der Waals surface area contributed by atoms with Gasteiger partial charge in [0.05, 0.1) is 6.20 Å². The molecule has 0 aromatic carbocycles. The molecule has 0 aliphatic carbocycles. The molecule has 0 bridgehead atoms. The predicted octanol–water partition coefficient (Wildman–Crippen LogP) is 1.51. The Morgan fingerprint density at radius 1 is 1.50 bits per heavy atom. The number of hydrogen-bond donors (Lipinski definition) is 2. The van der Waals surface area contributed by atoms with E-state index in [1.54, 1.807) is 13.8 Å². The zero-order chi connectivity index (χ0) is 10.8. The van der Waals surface area contributed by atoms with E-state index in [0.29, 0.717) is 6.54 Å². The van der Waals surface area contributed by atoms with Crippen molar-refractivity contribution in [3.63, 3.8) is 0 Å². The molecule has 1 heterocycles. The van der Waals surface area contributed by atoms with Crippen molar-refractivity contribution in [2.24, 2.45) is 5.73 Å². The summed E-state index contributed by atoms with van der Waals surface area (Å²) in [7, 11) is 0. The molecule has 0 aliphatic heterocycles. The third kappa shape index (κ3) is 3.26. The summed E-state index contributed by atoms with van der Waals surface area (Å²) in [6.45, 7) is 3.95. The van der Waals surface area contributed by atoms with Gasteiger partial charge < -0.3 is 11.1 Å². The van der Waals surface area contributed by atoms with E-state index >= 15 is 0 Å². The molecule has 0 spiro atoms. The van der Waals surface area contributed by atoms with Crippen molar-refractivity contribution in [2.75, 3.05) is 11.9 Å². The van der Waals surface area contributed by atoms with E-state index in [2.05, 4.69) is 10.3 Å². The van der Waals surface area contributed by atoms with Crippen LogP contribution in [0.4, 0.5) is 14.6 Å². The van der Waals surface area contributed by atoms with Crippen LogP contribution in [-0.2, 0) is 0 Å². The highest BCUT2D eigenvalue weighted by Gasteiger charge is 2.12. The van der Waals surface area contributed by atoms with Gasteiger partial charge in [0.1, 0.15) is 5.82 Å². The highest BCUT2D eigenvalue weighted by Crippen LogP contribution is 2.11. The number of pyridine rings is 1. The molecule has 0 atom stereocenters. The van der Waals surface area contributed by atoms with Crippen LogP contribution in [0.5, 0.6) is 0 Å². The van der Waals surface area contributed by atoms with Crippen molar-refractivity contribution in [3.8, 4) is 0 Å². The van der Waals surface area contributed by atoms with Crippen LogP contribution < -0.4 is 11.1 Å². The monoisotopic (exact) mass is 201 g/mol. The molecule has 14 heavy (non-hydrogen) atoms. The lowest BCUT2D eigenvalue weighted by molar-refractivity contribution is 0.540. The SMILES string of the molecule is CC(C)(N)CNc1ncc(F)cc1F. The summed E-state index contributed by atoms with van der Waals surface area (Å²) in [5.41, 5.74) is 5.21. The Kier molecular flexibility index (Phi) is 3.00. The molecular weight excluding hydrogens is 188 g/mol. The molecule has 0 fully saturated rings. The van der Waals surface area contributed by atoms with E-state index in [1.165, 1.54) is 0 Å². The minimum atomic E-state index is -0.714. The second kappa shape index (κ2) is 3.88. The van der Waals surface area contributed by atoms with Crippen molar-refractivity contribution in [1.82, 2.24) is 4.98 Å². The molecule has 0 radical (unpaired) electrons. The van der Waals surface area contributed by atoms with Crippen molar-refractivity contribution in [1.29, 1.82) is 0 Å². The van der Waals surface area contributed by atoms with Crippen LogP contribution in [0.3, 0.4) is 0 Å². The highest BCUT2D eigenvalue weighted by molar-refractivity contribution is 5.36. The van der Waals surface area contributed by atoms with Gasteiger partial charge in [0, 0.05) is 18.2 Å². The zero-order valence-electron chi connectivity index (χ0n) is 8.14. The van der Waals surface area contributed by atoms with Crippen molar-refractivity contribution >= 4 is 5.82 Å². The first-order valence-corrected chi connectivity index (χ1v) is 4.22. The predicted molar refractivity (Wildman–Crippen MR) is 50.9 cm³/mol. The molecule has 0 unspecified atom stereocenters. The average molecular weight is 201 g/mol. The summed E-state index contributed by atoms with van der Waals surface area (Å²) in [4.78, 5) is 3.56. The number of nitrogens with one attached hydrogen (secondary N) is 1. The highest BCUT2D eigenvalue weighted by atomic mass is 19.1. The summed E-state index contributed by atoms with van der Waals surface area (Å²) in [6, 6.07) is 0.777. The number of nitrogens with zero attached hydrogens (tertiary/aromatic N) is 1. The molecule has 0 aliphatic rings. The van der Waals surface area contributed by atoms with Crippen LogP contribution in [0.25, 0.3) is 0 Å². The fraction of sp³-hybridized carbons (Fsp3) is 0.444.